The van der Waals surface area contributed by atoms with Gasteiger partial charge in [0, 0.05) is 17.5 Å². The maximum atomic E-state index is 11.9. The minimum Gasteiger partial charge on any atom is -0.481 e. The quantitative estimate of drug-likeness (QED) is 0.832. The molecule has 4 nitrogen and oxygen atoms in total. The summed E-state index contributed by atoms with van der Waals surface area (Å²) in [6.07, 6.45) is 2.18. The first-order valence-corrected chi connectivity index (χ1v) is 7.45. The molecule has 0 unspecified atom stereocenters. The Balaban J connectivity index is 1.94. The predicted molar refractivity (Wildman–Crippen MR) is 83.3 cm³/mol. The maximum absolute atomic E-state index is 11.9. The Kier molecular flexibility index (Phi) is 2.91. The summed E-state index contributed by atoms with van der Waals surface area (Å²) < 4.78 is 0. The minimum atomic E-state index is -0.680. The van der Waals surface area contributed by atoms with Crippen LogP contribution >= 0.6 is 0 Å². The predicted octanol–water partition coefficient (Wildman–Crippen LogP) is 3.76. The van der Waals surface area contributed by atoms with Gasteiger partial charge in [-0.2, -0.15) is 5.10 Å². The van der Waals surface area contributed by atoms with Gasteiger partial charge in [0.25, 0.3) is 0 Å². The normalized spacial score (nSPS) is 35.1. The molecule has 0 heterocycles. The van der Waals surface area contributed by atoms with Crippen molar-refractivity contribution in [2.24, 2.45) is 21.3 Å². The molecule has 2 aliphatic rings. The Hall–Kier alpha value is -1.84. The van der Waals surface area contributed by atoms with E-state index in [0.717, 1.165) is 24.2 Å². The second-order valence-corrected chi connectivity index (χ2v) is 7.06. The zero-order valence-electron chi connectivity index (χ0n) is 12.8. The largest absolute Gasteiger partial charge is 0.481 e. The van der Waals surface area contributed by atoms with Crippen molar-refractivity contribution in [2.45, 2.75) is 40.0 Å². The molecular formula is C17H22N2O2. The number of rotatable bonds is 3. The van der Waals surface area contributed by atoms with Crippen LogP contribution in [0.15, 0.2) is 35.4 Å². The molecular weight excluding hydrogens is 264 g/mol. The Morgan fingerprint density at radius 3 is 2.43 bits per heavy atom. The summed E-state index contributed by atoms with van der Waals surface area (Å²) in [5.41, 5.74) is 3.92. The molecule has 2 N–H and O–H groups in total. The zero-order chi connectivity index (χ0) is 15.3. The van der Waals surface area contributed by atoms with Crippen LogP contribution in [0.25, 0.3) is 0 Å². The van der Waals surface area contributed by atoms with Gasteiger partial charge in [-0.1, -0.05) is 39.0 Å². The lowest BCUT2D eigenvalue weighted by molar-refractivity contribution is -0.154. The van der Waals surface area contributed by atoms with E-state index in [2.05, 4.69) is 31.3 Å². The molecule has 2 bridgehead atoms. The third-order valence-corrected chi connectivity index (χ3v) is 6.24. The maximum Gasteiger partial charge on any atom is 0.310 e. The Bertz CT molecular complexity index is 608. The number of para-hydroxylation sites is 1. The van der Waals surface area contributed by atoms with Crippen molar-refractivity contribution >= 4 is 17.4 Å². The first kappa shape index (κ1) is 14.1. The van der Waals surface area contributed by atoms with Crippen LogP contribution < -0.4 is 5.43 Å². The van der Waals surface area contributed by atoms with Crippen molar-refractivity contribution in [3.05, 3.63) is 30.3 Å². The van der Waals surface area contributed by atoms with Gasteiger partial charge in [0.15, 0.2) is 0 Å². The number of carboxylic acid groups (broad SMARTS) is 1. The average molecular weight is 286 g/mol. The number of hydrogen-bond acceptors (Lipinski definition) is 3. The van der Waals surface area contributed by atoms with Crippen molar-refractivity contribution in [2.75, 3.05) is 5.43 Å². The third-order valence-electron chi connectivity index (χ3n) is 6.24. The van der Waals surface area contributed by atoms with Crippen LogP contribution in [0.2, 0.25) is 0 Å². The highest BCUT2D eigenvalue weighted by Gasteiger charge is 2.71. The monoisotopic (exact) mass is 286 g/mol. The molecule has 2 saturated carbocycles. The van der Waals surface area contributed by atoms with Gasteiger partial charge >= 0.3 is 5.97 Å². The highest BCUT2D eigenvalue weighted by molar-refractivity contribution is 6.01. The van der Waals surface area contributed by atoms with Crippen LogP contribution in [0, 0.1) is 16.2 Å². The molecule has 0 saturated heterocycles. The number of fused-ring (bicyclic) bond motifs is 2. The Morgan fingerprint density at radius 1 is 1.19 bits per heavy atom. The summed E-state index contributed by atoms with van der Waals surface area (Å²) in [6.45, 7) is 6.33. The summed E-state index contributed by atoms with van der Waals surface area (Å²) in [5, 5.41) is 14.3. The first-order chi connectivity index (χ1) is 9.83. The number of anilines is 1. The fourth-order valence-corrected chi connectivity index (χ4v) is 4.17. The number of carboxylic acids is 1. The van der Waals surface area contributed by atoms with E-state index in [1.165, 1.54) is 0 Å². The highest BCUT2D eigenvalue weighted by atomic mass is 16.4. The molecule has 21 heavy (non-hydrogen) atoms. The van der Waals surface area contributed by atoms with Crippen molar-refractivity contribution in [3.63, 3.8) is 0 Å². The summed E-state index contributed by atoms with van der Waals surface area (Å²) in [7, 11) is 0. The molecule has 0 spiro atoms. The van der Waals surface area contributed by atoms with E-state index < -0.39 is 11.4 Å². The van der Waals surface area contributed by atoms with Gasteiger partial charge in [-0.3, -0.25) is 10.2 Å². The Labute approximate surface area is 125 Å². The van der Waals surface area contributed by atoms with E-state index in [-0.39, 0.29) is 10.8 Å². The zero-order valence-corrected chi connectivity index (χ0v) is 12.8. The molecule has 3 rings (SSSR count). The molecule has 0 radical (unpaired) electrons. The third kappa shape index (κ3) is 1.68. The summed E-state index contributed by atoms with van der Waals surface area (Å²) >= 11 is 0. The highest BCUT2D eigenvalue weighted by Crippen LogP contribution is 2.70. The van der Waals surface area contributed by atoms with Gasteiger partial charge < -0.3 is 5.11 Å². The standard InChI is InChI=1S/C17H22N2O2/c1-15(2)16(3)9-10-17(15,14(20)21)11-13(16)19-18-12-7-5-4-6-8-12/h4-8,18H,9-11H2,1-3H3,(H,20,21)/t16-,17-/m0/s1. The SMILES string of the molecule is CC1(C)[C@@]2(C(=O)O)CC[C@@]1(C)C(=NNc1ccccc1)C2. The average Bonchev–Trinajstić information content (AvgIpc) is 2.76. The van der Waals surface area contributed by atoms with E-state index in [1.807, 2.05) is 30.3 Å². The van der Waals surface area contributed by atoms with Crippen LogP contribution in [0.4, 0.5) is 5.69 Å². The molecule has 112 valence electrons. The van der Waals surface area contributed by atoms with Gasteiger partial charge in [0.2, 0.25) is 0 Å². The summed E-state index contributed by atoms with van der Waals surface area (Å²) in [4.78, 5) is 11.9. The van der Waals surface area contributed by atoms with E-state index in [9.17, 15) is 9.90 Å². The smallest absolute Gasteiger partial charge is 0.310 e. The molecule has 1 aromatic carbocycles. The van der Waals surface area contributed by atoms with Crippen molar-refractivity contribution in [1.29, 1.82) is 0 Å². The van der Waals surface area contributed by atoms with Gasteiger partial charge in [0.05, 0.1) is 11.1 Å². The second kappa shape index (κ2) is 4.33. The van der Waals surface area contributed by atoms with Crippen molar-refractivity contribution in [3.8, 4) is 0 Å². The fourth-order valence-electron chi connectivity index (χ4n) is 4.17. The molecule has 0 amide bonds. The lowest BCUT2D eigenvalue weighted by Gasteiger charge is -2.37. The van der Waals surface area contributed by atoms with E-state index in [4.69, 9.17) is 0 Å². The molecule has 0 aromatic heterocycles. The topological polar surface area (TPSA) is 61.7 Å². The second-order valence-electron chi connectivity index (χ2n) is 7.06. The molecule has 2 atom stereocenters. The number of nitrogens with one attached hydrogen (secondary N) is 1. The van der Waals surface area contributed by atoms with Gasteiger partial charge in [0.1, 0.15) is 0 Å². The molecule has 4 heteroatoms. The number of hydrazone groups is 1. The number of carbonyl (C=O) groups is 1. The lowest BCUT2D eigenvalue weighted by atomic mass is 9.65. The summed E-state index contributed by atoms with van der Waals surface area (Å²) in [5.74, 6) is -0.680. The lowest BCUT2D eigenvalue weighted by Crippen LogP contribution is -2.40. The van der Waals surface area contributed by atoms with Crippen molar-refractivity contribution < 1.29 is 9.90 Å². The summed E-state index contributed by atoms with van der Waals surface area (Å²) in [6, 6.07) is 9.77. The van der Waals surface area contributed by atoms with Gasteiger partial charge in [-0.05, 0) is 30.4 Å². The van der Waals surface area contributed by atoms with Crippen LogP contribution in [0.5, 0.6) is 0 Å². The van der Waals surface area contributed by atoms with Crippen LogP contribution in [-0.4, -0.2) is 16.8 Å². The minimum absolute atomic E-state index is 0.146. The number of benzene rings is 1. The van der Waals surface area contributed by atoms with Crippen LogP contribution in [0.3, 0.4) is 0 Å². The number of nitrogens with zero attached hydrogens (tertiary/aromatic N) is 1. The van der Waals surface area contributed by atoms with Gasteiger partial charge in [-0.25, -0.2) is 0 Å². The Morgan fingerprint density at radius 2 is 1.86 bits per heavy atom. The molecule has 2 aliphatic carbocycles. The van der Waals surface area contributed by atoms with E-state index in [0.29, 0.717) is 6.42 Å². The fraction of sp³-hybridized carbons (Fsp3) is 0.529. The van der Waals surface area contributed by atoms with E-state index >= 15 is 0 Å². The van der Waals surface area contributed by atoms with Gasteiger partial charge in [-0.15, -0.1) is 0 Å². The van der Waals surface area contributed by atoms with Crippen molar-refractivity contribution in [1.82, 2.24) is 0 Å². The van der Waals surface area contributed by atoms with Crippen LogP contribution in [-0.2, 0) is 4.79 Å². The van der Waals surface area contributed by atoms with E-state index in [1.54, 1.807) is 0 Å². The van der Waals surface area contributed by atoms with Crippen LogP contribution in [0.1, 0.15) is 40.0 Å². The molecule has 2 fully saturated rings. The molecule has 0 aliphatic heterocycles. The molecule has 1 aromatic rings. The number of aliphatic carboxylic acids is 1. The number of hydrogen-bond donors (Lipinski definition) is 2. The first-order valence-electron chi connectivity index (χ1n) is 7.45.